The molecule has 0 bridgehead atoms. The zero-order valence-corrected chi connectivity index (χ0v) is 21.4. The van der Waals surface area contributed by atoms with E-state index in [-0.39, 0.29) is 41.8 Å². The van der Waals surface area contributed by atoms with Crippen molar-refractivity contribution < 1.29 is 32.5 Å². The molecule has 2 aromatic heterocycles. The Morgan fingerprint density at radius 3 is 2.62 bits per heavy atom. The zero-order chi connectivity index (χ0) is 27.7. The Balaban J connectivity index is 1.39. The lowest BCUT2D eigenvalue weighted by Gasteiger charge is -2.36. The van der Waals surface area contributed by atoms with Gasteiger partial charge < -0.3 is 20.3 Å². The van der Waals surface area contributed by atoms with E-state index < -0.39 is 40.6 Å². The number of pyridine rings is 2. The third kappa shape index (κ3) is 5.83. The van der Waals surface area contributed by atoms with Crippen LogP contribution in [0, 0.1) is 23.4 Å². The Labute approximate surface area is 224 Å². The number of carbonyl (C=O) groups is 1. The number of rotatable bonds is 7. The number of benzene rings is 1. The molecule has 1 aromatic carbocycles. The molecule has 3 aromatic rings. The number of aliphatic hydroxyl groups excluding tert-OH is 1. The maximum Gasteiger partial charge on any atom is 0.185 e. The second-order valence-electron chi connectivity index (χ2n) is 10.4. The summed E-state index contributed by atoms with van der Waals surface area (Å²) in [6.45, 7) is 2.76. The first-order chi connectivity index (χ1) is 18.7. The molecule has 0 amide bonds. The average molecular weight is 542 g/mol. The minimum absolute atomic E-state index is 0.00938. The number of hydrogen-bond donors (Lipinski definition) is 2. The number of aromatic nitrogens is 2. The second-order valence-corrected chi connectivity index (χ2v) is 10.4. The lowest BCUT2D eigenvalue weighted by molar-refractivity contribution is 0.0519. The van der Waals surface area contributed by atoms with Crippen LogP contribution in [0.4, 0.5) is 13.2 Å². The van der Waals surface area contributed by atoms with Crippen molar-refractivity contribution in [2.45, 2.75) is 56.8 Å². The van der Waals surface area contributed by atoms with Crippen LogP contribution in [0.15, 0.2) is 42.7 Å². The molecule has 10 heteroatoms. The van der Waals surface area contributed by atoms with Gasteiger partial charge in [0.1, 0.15) is 40.7 Å². The average Bonchev–Trinajstić information content (AvgIpc) is 3.41. The number of ketones is 1. The minimum atomic E-state index is -1.06. The lowest BCUT2D eigenvalue weighted by Crippen LogP contribution is -2.44. The number of nitrogens with two attached hydrogens (primary N) is 1. The number of halogens is 3. The van der Waals surface area contributed by atoms with Gasteiger partial charge in [-0.1, -0.05) is 6.92 Å². The van der Waals surface area contributed by atoms with Crippen molar-refractivity contribution in [3.63, 3.8) is 0 Å². The third-order valence-corrected chi connectivity index (χ3v) is 7.54. The summed E-state index contributed by atoms with van der Waals surface area (Å²) in [5.74, 6) is -3.55. The number of hydrogen-bond acceptors (Lipinski definition) is 7. The van der Waals surface area contributed by atoms with E-state index in [9.17, 15) is 14.3 Å². The molecule has 1 saturated heterocycles. The third-order valence-electron chi connectivity index (χ3n) is 7.54. The number of Topliss-reactive ketones (excluding diaryl/α,β-unsaturated/α-hetero) is 1. The Bertz CT molecular complexity index is 1330. The maximum absolute atomic E-state index is 15.0. The topological polar surface area (TPSA) is 108 Å². The molecule has 1 saturated carbocycles. The number of nitrogens with zero attached hydrogens (tertiary/aromatic N) is 2. The van der Waals surface area contributed by atoms with Crippen molar-refractivity contribution in [3.8, 4) is 17.0 Å². The van der Waals surface area contributed by atoms with Gasteiger partial charge in [0, 0.05) is 43.4 Å². The molecule has 3 heterocycles. The van der Waals surface area contributed by atoms with Crippen molar-refractivity contribution >= 4 is 5.78 Å². The van der Waals surface area contributed by atoms with Crippen LogP contribution in [0.5, 0.6) is 5.75 Å². The van der Waals surface area contributed by atoms with Gasteiger partial charge in [0.2, 0.25) is 0 Å². The highest BCUT2D eigenvalue weighted by Gasteiger charge is 2.34. The highest BCUT2D eigenvalue weighted by atomic mass is 19.1. The van der Waals surface area contributed by atoms with Crippen LogP contribution >= 0.6 is 0 Å². The van der Waals surface area contributed by atoms with E-state index in [4.69, 9.17) is 15.2 Å². The molecule has 2 fully saturated rings. The predicted octanol–water partition coefficient (Wildman–Crippen LogP) is 4.36. The van der Waals surface area contributed by atoms with Crippen molar-refractivity contribution in [2.24, 2.45) is 11.7 Å². The molecular formula is C29H30F3N3O4. The van der Waals surface area contributed by atoms with Gasteiger partial charge in [0.25, 0.3) is 0 Å². The SMILES string of the molecule is C[C@H]1C[C@@H](c2ccncc2CC(=O)c2ccc(F)c(-c3c(F)cc(O[C@H]4CCOC4)cc3F)n2)C[C@@H](N)[C@@H]1O. The van der Waals surface area contributed by atoms with Gasteiger partial charge in [-0.05, 0) is 54.0 Å². The van der Waals surface area contributed by atoms with Gasteiger partial charge in [-0.25, -0.2) is 18.2 Å². The van der Waals surface area contributed by atoms with Crippen molar-refractivity contribution in [3.05, 3.63) is 77.0 Å². The van der Waals surface area contributed by atoms with Crippen LogP contribution in [0.25, 0.3) is 11.3 Å². The van der Waals surface area contributed by atoms with Gasteiger partial charge in [0.15, 0.2) is 5.78 Å². The Morgan fingerprint density at radius 2 is 1.92 bits per heavy atom. The number of carbonyl (C=O) groups excluding carboxylic acids is 1. The number of aliphatic hydroxyl groups is 1. The molecule has 2 aliphatic rings. The van der Waals surface area contributed by atoms with E-state index in [1.54, 1.807) is 12.4 Å². The maximum atomic E-state index is 15.0. The van der Waals surface area contributed by atoms with Crippen molar-refractivity contribution in [1.82, 2.24) is 9.97 Å². The van der Waals surface area contributed by atoms with E-state index >= 15 is 8.78 Å². The summed E-state index contributed by atoms with van der Waals surface area (Å²) in [5.41, 5.74) is 6.30. The van der Waals surface area contributed by atoms with Gasteiger partial charge >= 0.3 is 0 Å². The van der Waals surface area contributed by atoms with E-state index in [2.05, 4.69) is 9.97 Å². The highest BCUT2D eigenvalue weighted by Crippen LogP contribution is 2.37. The summed E-state index contributed by atoms with van der Waals surface area (Å²) in [4.78, 5) is 21.4. The molecule has 7 nitrogen and oxygen atoms in total. The fraction of sp³-hybridized carbons (Fsp3) is 0.414. The van der Waals surface area contributed by atoms with Crippen molar-refractivity contribution in [1.29, 1.82) is 0 Å². The monoisotopic (exact) mass is 541 g/mol. The second kappa shape index (κ2) is 11.4. The largest absolute Gasteiger partial charge is 0.488 e. The summed E-state index contributed by atoms with van der Waals surface area (Å²) >= 11 is 0. The highest BCUT2D eigenvalue weighted by molar-refractivity contribution is 5.96. The summed E-state index contributed by atoms with van der Waals surface area (Å²) in [7, 11) is 0. The van der Waals surface area contributed by atoms with Crippen LogP contribution in [-0.2, 0) is 11.2 Å². The molecule has 1 aliphatic heterocycles. The lowest BCUT2D eigenvalue weighted by atomic mass is 9.74. The van der Waals surface area contributed by atoms with Gasteiger partial charge in [-0.3, -0.25) is 9.78 Å². The smallest absolute Gasteiger partial charge is 0.185 e. The normalized spacial score (nSPS) is 25.0. The van der Waals surface area contributed by atoms with Crippen LogP contribution < -0.4 is 10.5 Å². The van der Waals surface area contributed by atoms with Crippen LogP contribution in [0.3, 0.4) is 0 Å². The molecule has 0 radical (unpaired) electrons. The molecule has 5 rings (SSSR count). The van der Waals surface area contributed by atoms with Crippen molar-refractivity contribution in [2.75, 3.05) is 13.2 Å². The summed E-state index contributed by atoms with van der Waals surface area (Å²) < 4.78 is 55.5. The van der Waals surface area contributed by atoms with Crippen LogP contribution in [-0.4, -0.2) is 52.3 Å². The Morgan fingerprint density at radius 1 is 1.15 bits per heavy atom. The molecule has 3 N–H and O–H groups in total. The Hall–Kier alpha value is -3.34. The van der Waals surface area contributed by atoms with E-state index in [1.165, 1.54) is 6.07 Å². The fourth-order valence-corrected chi connectivity index (χ4v) is 5.49. The molecule has 206 valence electrons. The summed E-state index contributed by atoms with van der Waals surface area (Å²) in [6, 6.07) is 5.56. The quantitative estimate of drug-likeness (QED) is 0.428. The first-order valence-corrected chi connectivity index (χ1v) is 13.0. The zero-order valence-electron chi connectivity index (χ0n) is 21.4. The van der Waals surface area contributed by atoms with Crippen LogP contribution in [0.2, 0.25) is 0 Å². The first-order valence-electron chi connectivity index (χ1n) is 13.0. The molecule has 5 atom stereocenters. The number of ether oxygens (including phenoxy) is 2. The molecule has 39 heavy (non-hydrogen) atoms. The first kappa shape index (κ1) is 27.2. The van der Waals surface area contributed by atoms with Gasteiger partial charge in [-0.15, -0.1) is 0 Å². The molecule has 1 aliphatic carbocycles. The standard InChI is InChI=1S/C29H30F3N3O4/c1-15-8-16(9-24(33)29(15)37)20-4-6-34-13-17(20)10-26(36)25-3-2-21(30)28(35-25)27-22(31)11-19(12-23(27)32)39-18-5-7-38-14-18/h2-4,6,11-13,15-16,18,24,29,37H,5,7-10,14,33H2,1H3/t15-,16+,18-,24+,29+/m0/s1. The van der Waals surface area contributed by atoms with Gasteiger partial charge in [-0.2, -0.15) is 0 Å². The fourth-order valence-electron chi connectivity index (χ4n) is 5.49. The Kier molecular flexibility index (Phi) is 7.97. The van der Waals surface area contributed by atoms with Gasteiger partial charge in [0.05, 0.1) is 24.9 Å². The summed E-state index contributed by atoms with van der Waals surface area (Å²) in [5, 5.41) is 10.2. The molecular weight excluding hydrogens is 511 g/mol. The van der Waals surface area contributed by atoms with E-state index in [1.807, 2.05) is 13.0 Å². The minimum Gasteiger partial charge on any atom is -0.488 e. The predicted molar refractivity (Wildman–Crippen MR) is 137 cm³/mol. The van der Waals surface area contributed by atoms with Crippen LogP contribution in [0.1, 0.15) is 53.7 Å². The van der Waals surface area contributed by atoms with E-state index in [0.717, 1.165) is 23.8 Å². The van der Waals surface area contributed by atoms with E-state index in [0.29, 0.717) is 38.0 Å². The molecule has 0 spiro atoms. The summed E-state index contributed by atoms with van der Waals surface area (Å²) in [6.07, 6.45) is 4.08. The molecule has 0 unspecified atom stereocenters.